The van der Waals surface area contributed by atoms with Gasteiger partial charge in [-0.25, -0.2) is 9.67 Å². The first kappa shape index (κ1) is 14.0. The summed E-state index contributed by atoms with van der Waals surface area (Å²) >= 11 is 6.37. The summed E-state index contributed by atoms with van der Waals surface area (Å²) in [5, 5.41) is 8.47. The molecule has 1 unspecified atom stereocenters. The quantitative estimate of drug-likeness (QED) is 0.934. The van der Waals surface area contributed by atoms with Crippen LogP contribution in [0.3, 0.4) is 0 Å². The summed E-state index contributed by atoms with van der Waals surface area (Å²) in [4.78, 5) is 4.30. The zero-order chi connectivity index (χ0) is 14.0. The van der Waals surface area contributed by atoms with Crippen LogP contribution in [-0.2, 0) is 0 Å². The third-order valence-electron chi connectivity index (χ3n) is 3.08. The van der Waals surface area contributed by atoms with E-state index in [1.165, 1.54) is 0 Å². The Labute approximate surface area is 118 Å². The average molecular weight is 279 g/mol. The second kappa shape index (κ2) is 5.72. The minimum Gasteiger partial charge on any atom is -0.310 e. The van der Waals surface area contributed by atoms with Crippen LogP contribution in [0.4, 0.5) is 0 Å². The minimum atomic E-state index is 0.241. The number of benzene rings is 1. The van der Waals surface area contributed by atoms with Crippen LogP contribution in [-0.4, -0.2) is 21.3 Å². The molecule has 0 aliphatic carbocycles. The Kier molecular flexibility index (Phi) is 4.22. The van der Waals surface area contributed by atoms with Gasteiger partial charge < -0.3 is 5.32 Å². The van der Waals surface area contributed by atoms with Gasteiger partial charge in [0.25, 0.3) is 0 Å². The smallest absolute Gasteiger partial charge is 0.148 e. The van der Waals surface area contributed by atoms with Crippen molar-refractivity contribution in [1.82, 2.24) is 20.1 Å². The van der Waals surface area contributed by atoms with Crippen molar-refractivity contribution < 1.29 is 0 Å². The second-order valence-corrected chi connectivity index (χ2v) is 5.01. The number of halogens is 1. The fourth-order valence-corrected chi connectivity index (χ4v) is 2.52. The zero-order valence-corrected chi connectivity index (χ0v) is 12.5. The average Bonchev–Trinajstić information content (AvgIpc) is 2.68. The van der Waals surface area contributed by atoms with E-state index in [-0.39, 0.29) is 6.04 Å². The molecule has 19 heavy (non-hydrogen) atoms. The number of nitrogens with zero attached hydrogens (tertiary/aromatic N) is 3. The number of nitrogens with one attached hydrogen (secondary N) is 1. The highest BCUT2D eigenvalue weighted by atomic mass is 35.5. The SMILES string of the molecule is CCNC(C)c1ccc(-n2nc(C)nc2C)cc1Cl. The van der Waals surface area contributed by atoms with Crippen LogP contribution in [0.5, 0.6) is 0 Å². The zero-order valence-electron chi connectivity index (χ0n) is 11.7. The molecule has 1 aromatic heterocycles. The van der Waals surface area contributed by atoms with E-state index in [2.05, 4.69) is 29.2 Å². The van der Waals surface area contributed by atoms with Crippen LogP contribution in [0.25, 0.3) is 5.69 Å². The van der Waals surface area contributed by atoms with Crippen molar-refractivity contribution in [1.29, 1.82) is 0 Å². The molecule has 0 bridgehead atoms. The molecular weight excluding hydrogens is 260 g/mol. The maximum Gasteiger partial charge on any atom is 0.148 e. The summed E-state index contributed by atoms with van der Waals surface area (Å²) in [6, 6.07) is 6.24. The molecule has 0 fully saturated rings. The first-order valence-electron chi connectivity index (χ1n) is 6.46. The van der Waals surface area contributed by atoms with Gasteiger partial charge in [0, 0.05) is 11.1 Å². The summed E-state index contributed by atoms with van der Waals surface area (Å²) in [5.74, 6) is 1.62. The van der Waals surface area contributed by atoms with Gasteiger partial charge in [0.1, 0.15) is 11.6 Å². The van der Waals surface area contributed by atoms with Crippen LogP contribution >= 0.6 is 11.6 Å². The fraction of sp³-hybridized carbons (Fsp3) is 0.429. The summed E-state index contributed by atoms with van der Waals surface area (Å²) in [5.41, 5.74) is 2.04. The molecular formula is C14H19ClN4. The number of aryl methyl sites for hydroxylation is 2. The van der Waals surface area contributed by atoms with Crippen molar-refractivity contribution in [3.05, 3.63) is 40.4 Å². The maximum absolute atomic E-state index is 6.37. The van der Waals surface area contributed by atoms with Crippen LogP contribution in [0, 0.1) is 13.8 Å². The van der Waals surface area contributed by atoms with E-state index >= 15 is 0 Å². The molecule has 0 saturated heterocycles. The van der Waals surface area contributed by atoms with Gasteiger partial charge >= 0.3 is 0 Å². The van der Waals surface area contributed by atoms with Crippen LogP contribution in [0.15, 0.2) is 18.2 Å². The third-order valence-corrected chi connectivity index (χ3v) is 3.41. The largest absolute Gasteiger partial charge is 0.310 e. The van der Waals surface area contributed by atoms with Crippen molar-refractivity contribution in [2.75, 3.05) is 6.54 Å². The van der Waals surface area contributed by atoms with Gasteiger partial charge in [0.2, 0.25) is 0 Å². The highest BCUT2D eigenvalue weighted by molar-refractivity contribution is 6.31. The van der Waals surface area contributed by atoms with E-state index in [0.717, 1.165) is 34.5 Å². The third kappa shape index (κ3) is 2.96. The van der Waals surface area contributed by atoms with Crippen LogP contribution in [0.2, 0.25) is 5.02 Å². The molecule has 5 heteroatoms. The lowest BCUT2D eigenvalue weighted by atomic mass is 10.1. The van der Waals surface area contributed by atoms with E-state index in [1.807, 2.05) is 36.7 Å². The van der Waals surface area contributed by atoms with Gasteiger partial charge in [-0.15, -0.1) is 0 Å². The van der Waals surface area contributed by atoms with Crippen molar-refractivity contribution in [2.24, 2.45) is 0 Å². The number of aromatic nitrogens is 3. The Bertz CT molecular complexity index is 577. The molecule has 0 radical (unpaired) electrons. The standard InChI is InChI=1S/C14H19ClN4/c1-5-16-9(2)13-7-6-12(8-14(13)15)19-11(4)17-10(3)18-19/h6-9,16H,5H2,1-4H3. The van der Waals surface area contributed by atoms with Crippen molar-refractivity contribution in [3.63, 3.8) is 0 Å². The molecule has 4 nitrogen and oxygen atoms in total. The Morgan fingerprint density at radius 2 is 2.11 bits per heavy atom. The van der Waals surface area contributed by atoms with Crippen molar-refractivity contribution in [3.8, 4) is 5.69 Å². The normalized spacial score (nSPS) is 12.7. The Balaban J connectivity index is 2.36. The molecule has 1 N–H and O–H groups in total. The number of hydrogen-bond donors (Lipinski definition) is 1. The highest BCUT2D eigenvalue weighted by Gasteiger charge is 2.11. The summed E-state index contributed by atoms with van der Waals surface area (Å²) in [6.45, 7) is 8.92. The molecule has 1 heterocycles. The van der Waals surface area contributed by atoms with E-state index in [9.17, 15) is 0 Å². The van der Waals surface area contributed by atoms with Crippen molar-refractivity contribution in [2.45, 2.75) is 33.7 Å². The monoisotopic (exact) mass is 278 g/mol. The van der Waals surface area contributed by atoms with Gasteiger partial charge in [-0.05, 0) is 45.0 Å². The molecule has 1 aromatic carbocycles. The van der Waals surface area contributed by atoms with E-state index in [0.29, 0.717) is 0 Å². The molecule has 1 atom stereocenters. The molecule has 102 valence electrons. The van der Waals surface area contributed by atoms with E-state index in [4.69, 9.17) is 11.6 Å². The lowest BCUT2D eigenvalue weighted by Gasteiger charge is -2.15. The lowest BCUT2D eigenvalue weighted by Crippen LogP contribution is -2.18. The predicted molar refractivity (Wildman–Crippen MR) is 77.9 cm³/mol. The first-order chi connectivity index (χ1) is 9.02. The van der Waals surface area contributed by atoms with Gasteiger partial charge in [-0.3, -0.25) is 0 Å². The summed E-state index contributed by atoms with van der Waals surface area (Å²) in [6.07, 6.45) is 0. The number of hydrogen-bond acceptors (Lipinski definition) is 3. The van der Waals surface area contributed by atoms with Gasteiger partial charge in [0.15, 0.2) is 0 Å². The highest BCUT2D eigenvalue weighted by Crippen LogP contribution is 2.25. The predicted octanol–water partition coefficient (Wildman–Crippen LogP) is 3.21. The summed E-state index contributed by atoms with van der Waals surface area (Å²) < 4.78 is 1.81. The molecule has 2 aromatic rings. The number of rotatable bonds is 4. The fourth-order valence-electron chi connectivity index (χ4n) is 2.18. The van der Waals surface area contributed by atoms with Crippen LogP contribution < -0.4 is 5.32 Å². The maximum atomic E-state index is 6.37. The summed E-state index contributed by atoms with van der Waals surface area (Å²) in [7, 11) is 0. The second-order valence-electron chi connectivity index (χ2n) is 4.60. The minimum absolute atomic E-state index is 0.241. The molecule has 0 saturated carbocycles. The van der Waals surface area contributed by atoms with Gasteiger partial charge in [0.05, 0.1) is 5.69 Å². The molecule has 0 amide bonds. The molecule has 2 rings (SSSR count). The van der Waals surface area contributed by atoms with E-state index < -0.39 is 0 Å². The molecule has 0 aliphatic rings. The van der Waals surface area contributed by atoms with Crippen molar-refractivity contribution >= 4 is 11.6 Å². The van der Waals surface area contributed by atoms with Gasteiger partial charge in [-0.1, -0.05) is 24.6 Å². The first-order valence-corrected chi connectivity index (χ1v) is 6.84. The Morgan fingerprint density at radius 1 is 1.37 bits per heavy atom. The Morgan fingerprint density at radius 3 is 2.63 bits per heavy atom. The topological polar surface area (TPSA) is 42.7 Å². The Hall–Kier alpha value is -1.39. The molecule has 0 aliphatic heterocycles. The van der Waals surface area contributed by atoms with E-state index in [1.54, 1.807) is 0 Å². The molecule has 0 spiro atoms. The van der Waals surface area contributed by atoms with Gasteiger partial charge in [-0.2, -0.15) is 5.10 Å². The van der Waals surface area contributed by atoms with Crippen LogP contribution in [0.1, 0.15) is 37.1 Å². The lowest BCUT2D eigenvalue weighted by molar-refractivity contribution is 0.598.